The highest BCUT2D eigenvalue weighted by Gasteiger charge is 2.14. The summed E-state index contributed by atoms with van der Waals surface area (Å²) in [5, 5.41) is 1.02. The normalized spacial score (nSPS) is 10.3. The van der Waals surface area contributed by atoms with Crippen LogP contribution >= 0.6 is 15.9 Å². The van der Waals surface area contributed by atoms with Crippen molar-refractivity contribution in [3.05, 3.63) is 58.3 Å². The van der Waals surface area contributed by atoms with Gasteiger partial charge in [0.25, 0.3) is 5.91 Å². The largest absolute Gasteiger partial charge is 0.454 e. The van der Waals surface area contributed by atoms with E-state index >= 15 is 0 Å². The molecule has 0 atom stereocenters. The number of hydroxylamine groups is 2. The molecule has 0 aliphatic carbocycles. The number of halogens is 2. The van der Waals surface area contributed by atoms with Gasteiger partial charge < -0.3 is 4.74 Å². The Morgan fingerprint density at radius 3 is 2.43 bits per heavy atom. The van der Waals surface area contributed by atoms with Crippen molar-refractivity contribution in [3.8, 4) is 11.5 Å². The zero-order chi connectivity index (χ0) is 15.4. The highest BCUT2D eigenvalue weighted by atomic mass is 79.9. The topological polar surface area (TPSA) is 38.8 Å². The summed E-state index contributed by atoms with van der Waals surface area (Å²) >= 11 is 3.31. The van der Waals surface area contributed by atoms with Crippen LogP contribution in [0.3, 0.4) is 0 Å². The maximum absolute atomic E-state index is 14.0. The molecule has 110 valence electrons. The van der Waals surface area contributed by atoms with Gasteiger partial charge in [-0.2, -0.15) is 0 Å². The lowest BCUT2D eigenvalue weighted by Crippen LogP contribution is -2.25. The van der Waals surface area contributed by atoms with Crippen molar-refractivity contribution in [2.24, 2.45) is 0 Å². The molecule has 21 heavy (non-hydrogen) atoms. The van der Waals surface area contributed by atoms with Gasteiger partial charge in [0.2, 0.25) is 0 Å². The van der Waals surface area contributed by atoms with E-state index in [0.29, 0.717) is 5.75 Å². The standard InChI is InChI=1S/C15H13BrFNO3/c1-18(20-2)15(19)10-3-8-14(13(17)9-10)21-12-6-4-11(16)5-7-12/h3-9H,1-2H3. The Balaban J connectivity index is 2.19. The molecule has 0 saturated carbocycles. The Hall–Kier alpha value is -1.92. The minimum atomic E-state index is -0.617. The summed E-state index contributed by atoms with van der Waals surface area (Å²) < 4.78 is 20.3. The van der Waals surface area contributed by atoms with Gasteiger partial charge in [-0.05, 0) is 42.5 Å². The van der Waals surface area contributed by atoms with Crippen LogP contribution in [0.25, 0.3) is 0 Å². The smallest absolute Gasteiger partial charge is 0.277 e. The van der Waals surface area contributed by atoms with Gasteiger partial charge in [-0.15, -0.1) is 0 Å². The first kappa shape index (κ1) is 15.5. The van der Waals surface area contributed by atoms with Crippen LogP contribution in [-0.4, -0.2) is 25.1 Å². The van der Waals surface area contributed by atoms with Gasteiger partial charge >= 0.3 is 0 Å². The molecule has 0 fully saturated rings. The van der Waals surface area contributed by atoms with Crippen LogP contribution in [0.1, 0.15) is 10.4 Å². The summed E-state index contributed by atoms with van der Waals surface area (Å²) in [6.45, 7) is 0. The Morgan fingerprint density at radius 2 is 1.86 bits per heavy atom. The molecule has 0 aliphatic heterocycles. The number of hydrogen-bond acceptors (Lipinski definition) is 3. The van der Waals surface area contributed by atoms with Crippen LogP contribution in [0.2, 0.25) is 0 Å². The van der Waals surface area contributed by atoms with Crippen LogP contribution < -0.4 is 4.74 Å². The van der Waals surface area contributed by atoms with E-state index in [-0.39, 0.29) is 11.3 Å². The lowest BCUT2D eigenvalue weighted by molar-refractivity contribution is -0.0757. The van der Waals surface area contributed by atoms with Crippen LogP contribution in [0, 0.1) is 5.82 Å². The summed E-state index contributed by atoms with van der Waals surface area (Å²) in [6, 6.07) is 11.0. The van der Waals surface area contributed by atoms with Gasteiger partial charge in [-0.25, -0.2) is 9.45 Å². The second kappa shape index (κ2) is 6.69. The molecule has 0 N–H and O–H groups in total. The van der Waals surface area contributed by atoms with Crippen molar-refractivity contribution >= 4 is 21.8 Å². The summed E-state index contributed by atoms with van der Waals surface area (Å²) in [6.07, 6.45) is 0. The SMILES string of the molecule is CON(C)C(=O)c1ccc(Oc2ccc(Br)cc2)c(F)c1. The summed E-state index contributed by atoms with van der Waals surface area (Å²) in [5.74, 6) is -0.501. The van der Waals surface area contributed by atoms with Gasteiger partial charge in [-0.1, -0.05) is 15.9 Å². The van der Waals surface area contributed by atoms with Gasteiger partial charge in [0.1, 0.15) is 5.75 Å². The fraction of sp³-hybridized carbons (Fsp3) is 0.133. The highest BCUT2D eigenvalue weighted by Crippen LogP contribution is 2.26. The maximum atomic E-state index is 14.0. The number of hydrogen-bond donors (Lipinski definition) is 0. The van der Waals surface area contributed by atoms with E-state index in [4.69, 9.17) is 9.57 Å². The Kier molecular flexibility index (Phi) is 4.93. The lowest BCUT2D eigenvalue weighted by Gasteiger charge is -2.14. The van der Waals surface area contributed by atoms with Crippen LogP contribution in [-0.2, 0) is 4.84 Å². The predicted molar refractivity (Wildman–Crippen MR) is 79.7 cm³/mol. The van der Waals surface area contributed by atoms with Gasteiger partial charge in [-0.3, -0.25) is 9.63 Å². The summed E-state index contributed by atoms with van der Waals surface area (Å²) in [7, 11) is 2.81. The average molecular weight is 354 g/mol. The average Bonchev–Trinajstić information content (AvgIpc) is 2.50. The van der Waals surface area contributed by atoms with E-state index in [1.54, 1.807) is 24.3 Å². The minimum Gasteiger partial charge on any atom is -0.454 e. The van der Waals surface area contributed by atoms with Crippen molar-refractivity contribution in [1.82, 2.24) is 5.06 Å². The number of carbonyl (C=O) groups is 1. The van der Waals surface area contributed by atoms with E-state index in [0.717, 1.165) is 15.6 Å². The van der Waals surface area contributed by atoms with Gasteiger partial charge in [0.15, 0.2) is 11.6 Å². The van der Waals surface area contributed by atoms with Crippen LogP contribution in [0.15, 0.2) is 46.9 Å². The lowest BCUT2D eigenvalue weighted by atomic mass is 10.2. The molecule has 0 spiro atoms. The molecule has 0 unspecified atom stereocenters. The zero-order valence-electron chi connectivity index (χ0n) is 11.5. The van der Waals surface area contributed by atoms with E-state index in [2.05, 4.69) is 15.9 Å². The molecule has 2 rings (SSSR count). The second-order valence-electron chi connectivity index (χ2n) is 4.19. The van der Waals surface area contributed by atoms with E-state index in [1.165, 1.54) is 26.3 Å². The quantitative estimate of drug-likeness (QED) is 0.779. The van der Waals surface area contributed by atoms with Crippen LogP contribution in [0.5, 0.6) is 11.5 Å². The number of carbonyl (C=O) groups excluding carboxylic acids is 1. The monoisotopic (exact) mass is 353 g/mol. The number of nitrogens with zero attached hydrogens (tertiary/aromatic N) is 1. The molecule has 0 aliphatic rings. The van der Waals surface area contributed by atoms with Crippen LogP contribution in [0.4, 0.5) is 4.39 Å². The number of amides is 1. The highest BCUT2D eigenvalue weighted by molar-refractivity contribution is 9.10. The minimum absolute atomic E-state index is 0.0499. The fourth-order valence-corrected chi connectivity index (χ4v) is 1.88. The van der Waals surface area contributed by atoms with E-state index in [9.17, 15) is 9.18 Å². The first-order chi connectivity index (χ1) is 10.0. The molecule has 4 nitrogen and oxygen atoms in total. The molecule has 0 aromatic heterocycles. The third kappa shape index (κ3) is 3.80. The van der Waals surface area contributed by atoms with Gasteiger partial charge in [0.05, 0.1) is 7.11 Å². The number of benzene rings is 2. The first-order valence-corrected chi connectivity index (χ1v) is 6.85. The Bertz CT molecular complexity index is 646. The molecular formula is C15H13BrFNO3. The van der Waals surface area contributed by atoms with Crippen molar-refractivity contribution in [2.45, 2.75) is 0 Å². The van der Waals surface area contributed by atoms with Gasteiger partial charge in [0, 0.05) is 17.1 Å². The molecular weight excluding hydrogens is 341 g/mol. The summed E-state index contributed by atoms with van der Waals surface area (Å²) in [4.78, 5) is 16.6. The molecule has 6 heteroatoms. The third-order valence-corrected chi connectivity index (χ3v) is 3.31. The Labute approximate surface area is 130 Å². The number of ether oxygens (including phenoxy) is 1. The Morgan fingerprint density at radius 1 is 1.19 bits per heavy atom. The second-order valence-corrected chi connectivity index (χ2v) is 5.10. The van der Waals surface area contributed by atoms with E-state index in [1.807, 2.05) is 0 Å². The molecule has 0 saturated heterocycles. The van der Waals surface area contributed by atoms with Crippen molar-refractivity contribution in [2.75, 3.05) is 14.2 Å². The summed E-state index contributed by atoms with van der Waals surface area (Å²) in [5.41, 5.74) is 0.181. The van der Waals surface area contributed by atoms with Crippen molar-refractivity contribution in [1.29, 1.82) is 0 Å². The maximum Gasteiger partial charge on any atom is 0.277 e. The molecule has 0 radical (unpaired) electrons. The molecule has 0 heterocycles. The predicted octanol–water partition coefficient (Wildman–Crippen LogP) is 4.01. The van der Waals surface area contributed by atoms with Crippen molar-refractivity contribution < 1.29 is 18.8 Å². The molecule has 2 aromatic rings. The van der Waals surface area contributed by atoms with E-state index < -0.39 is 11.7 Å². The van der Waals surface area contributed by atoms with Crippen molar-refractivity contribution in [3.63, 3.8) is 0 Å². The number of rotatable bonds is 4. The molecule has 2 aromatic carbocycles. The zero-order valence-corrected chi connectivity index (χ0v) is 13.1. The fourth-order valence-electron chi connectivity index (χ4n) is 1.61. The molecule has 0 bridgehead atoms. The third-order valence-electron chi connectivity index (χ3n) is 2.78. The first-order valence-electron chi connectivity index (χ1n) is 6.06. The molecule has 1 amide bonds.